The minimum atomic E-state index is 0.875. The Morgan fingerprint density at radius 1 is 0.950 bits per heavy atom. The Labute approximate surface area is 122 Å². The van der Waals surface area contributed by atoms with Gasteiger partial charge in [-0.1, -0.05) is 36.4 Å². The van der Waals surface area contributed by atoms with Crippen LogP contribution in [0.4, 0.5) is 5.69 Å². The Hall–Kier alpha value is -2.13. The first-order valence-corrected chi connectivity index (χ1v) is 7.62. The summed E-state index contributed by atoms with van der Waals surface area (Å²) in [7, 11) is 0. The van der Waals surface area contributed by atoms with Gasteiger partial charge in [0.25, 0.3) is 0 Å². The van der Waals surface area contributed by atoms with Crippen LogP contribution < -0.4 is 0 Å². The molecule has 0 aliphatic carbocycles. The van der Waals surface area contributed by atoms with Crippen LogP contribution in [0.2, 0.25) is 0 Å². The molecule has 0 amide bonds. The van der Waals surface area contributed by atoms with Crippen molar-refractivity contribution in [2.24, 2.45) is 4.99 Å². The summed E-state index contributed by atoms with van der Waals surface area (Å²) < 4.78 is 0. The zero-order valence-corrected chi connectivity index (χ0v) is 12.0. The number of thioether (sulfide) groups is 1. The highest BCUT2D eigenvalue weighted by molar-refractivity contribution is 7.98. The topological polar surface area (TPSA) is 25.2 Å². The quantitative estimate of drug-likeness (QED) is 0.512. The third-order valence-corrected chi connectivity index (χ3v) is 3.83. The van der Waals surface area contributed by atoms with Crippen molar-refractivity contribution in [1.29, 1.82) is 0 Å². The first kappa shape index (κ1) is 12.9. The van der Waals surface area contributed by atoms with Crippen molar-refractivity contribution in [3.63, 3.8) is 0 Å². The van der Waals surface area contributed by atoms with Gasteiger partial charge in [-0.25, -0.2) is 4.98 Å². The largest absolute Gasteiger partial charge is 0.253 e. The molecule has 0 saturated carbocycles. The summed E-state index contributed by atoms with van der Waals surface area (Å²) in [5.74, 6) is 0. The van der Waals surface area contributed by atoms with Crippen LogP contribution in [0.1, 0.15) is 5.69 Å². The van der Waals surface area contributed by atoms with E-state index in [9.17, 15) is 0 Å². The smallest absolute Gasteiger partial charge is 0.0820 e. The van der Waals surface area contributed by atoms with Crippen LogP contribution in [0.3, 0.4) is 0 Å². The predicted molar refractivity (Wildman–Crippen MR) is 87.2 cm³/mol. The number of rotatable bonds is 3. The van der Waals surface area contributed by atoms with Gasteiger partial charge in [-0.05, 0) is 30.5 Å². The van der Waals surface area contributed by atoms with Crippen molar-refractivity contribution in [1.82, 2.24) is 4.98 Å². The van der Waals surface area contributed by atoms with Gasteiger partial charge in [0.05, 0.1) is 23.1 Å². The van der Waals surface area contributed by atoms with Crippen LogP contribution in [0, 0.1) is 0 Å². The molecule has 0 saturated heterocycles. The fourth-order valence-electron chi connectivity index (χ4n) is 2.03. The van der Waals surface area contributed by atoms with Gasteiger partial charge in [0.1, 0.15) is 0 Å². The molecule has 3 heteroatoms. The molecule has 0 radical (unpaired) electrons. The zero-order valence-electron chi connectivity index (χ0n) is 11.2. The van der Waals surface area contributed by atoms with Gasteiger partial charge < -0.3 is 0 Å². The molecule has 1 heterocycles. The van der Waals surface area contributed by atoms with Crippen molar-refractivity contribution in [3.05, 3.63) is 66.4 Å². The normalized spacial score (nSPS) is 11.2. The van der Waals surface area contributed by atoms with E-state index < -0.39 is 0 Å². The Morgan fingerprint density at radius 2 is 1.75 bits per heavy atom. The van der Waals surface area contributed by atoms with Crippen molar-refractivity contribution >= 4 is 34.6 Å². The second-order valence-electron chi connectivity index (χ2n) is 4.36. The number of hydrogen-bond donors (Lipinski definition) is 0. The Bertz CT molecular complexity index is 766. The first-order chi connectivity index (χ1) is 9.86. The molecule has 0 aliphatic heterocycles. The van der Waals surface area contributed by atoms with E-state index in [1.807, 2.05) is 48.7 Å². The zero-order chi connectivity index (χ0) is 13.8. The van der Waals surface area contributed by atoms with Crippen LogP contribution in [-0.2, 0) is 0 Å². The second-order valence-corrected chi connectivity index (χ2v) is 5.21. The summed E-state index contributed by atoms with van der Waals surface area (Å²) in [6.07, 6.45) is 3.88. The van der Waals surface area contributed by atoms with Crippen LogP contribution in [0.25, 0.3) is 10.9 Å². The SMILES string of the molecule is CSc1ccccc1N=Cc1ccc2ccccc2n1. The molecule has 0 unspecified atom stereocenters. The molecule has 0 bridgehead atoms. The maximum Gasteiger partial charge on any atom is 0.0820 e. The predicted octanol–water partition coefficient (Wildman–Crippen LogP) is 4.71. The Kier molecular flexibility index (Phi) is 3.79. The molecular formula is C17H14N2S. The molecule has 2 aromatic carbocycles. The lowest BCUT2D eigenvalue weighted by Crippen LogP contribution is -1.88. The number of para-hydroxylation sites is 2. The third kappa shape index (κ3) is 2.73. The monoisotopic (exact) mass is 278 g/mol. The van der Waals surface area contributed by atoms with Gasteiger partial charge in [0.2, 0.25) is 0 Å². The lowest BCUT2D eigenvalue weighted by Gasteiger charge is -2.01. The highest BCUT2D eigenvalue weighted by atomic mass is 32.2. The van der Waals surface area contributed by atoms with Gasteiger partial charge in [-0.2, -0.15) is 0 Å². The number of fused-ring (bicyclic) bond motifs is 1. The lowest BCUT2D eigenvalue weighted by atomic mass is 10.2. The molecule has 0 spiro atoms. The molecule has 3 aromatic rings. The molecular weight excluding hydrogens is 264 g/mol. The minimum Gasteiger partial charge on any atom is -0.253 e. The highest BCUT2D eigenvalue weighted by Gasteiger charge is 1.98. The first-order valence-electron chi connectivity index (χ1n) is 6.40. The molecule has 0 N–H and O–H groups in total. The number of aromatic nitrogens is 1. The van der Waals surface area contributed by atoms with E-state index in [-0.39, 0.29) is 0 Å². The van der Waals surface area contributed by atoms with Gasteiger partial charge in [-0.3, -0.25) is 4.99 Å². The molecule has 3 rings (SSSR count). The molecule has 0 fully saturated rings. The molecule has 0 atom stereocenters. The van der Waals surface area contributed by atoms with E-state index >= 15 is 0 Å². The van der Waals surface area contributed by atoms with E-state index in [1.54, 1.807) is 11.8 Å². The summed E-state index contributed by atoms with van der Waals surface area (Å²) in [5.41, 5.74) is 2.85. The van der Waals surface area contributed by atoms with Crippen LogP contribution in [0.5, 0.6) is 0 Å². The van der Waals surface area contributed by atoms with Gasteiger partial charge in [-0.15, -0.1) is 11.8 Å². The number of pyridine rings is 1. The summed E-state index contributed by atoms with van der Waals surface area (Å²) in [6, 6.07) is 20.3. The van der Waals surface area contributed by atoms with Crippen LogP contribution >= 0.6 is 11.8 Å². The van der Waals surface area contributed by atoms with Crippen molar-refractivity contribution in [2.75, 3.05) is 6.26 Å². The van der Waals surface area contributed by atoms with E-state index in [1.165, 1.54) is 4.90 Å². The number of nitrogens with zero attached hydrogens (tertiary/aromatic N) is 2. The van der Waals surface area contributed by atoms with Gasteiger partial charge in [0.15, 0.2) is 0 Å². The van der Waals surface area contributed by atoms with E-state index in [4.69, 9.17) is 0 Å². The molecule has 20 heavy (non-hydrogen) atoms. The van der Waals surface area contributed by atoms with Crippen molar-refractivity contribution in [3.8, 4) is 0 Å². The molecule has 0 aliphatic rings. The average molecular weight is 278 g/mol. The Balaban J connectivity index is 1.94. The summed E-state index contributed by atoms with van der Waals surface area (Å²) >= 11 is 1.70. The van der Waals surface area contributed by atoms with Crippen LogP contribution in [0.15, 0.2) is 70.6 Å². The lowest BCUT2D eigenvalue weighted by molar-refractivity contribution is 1.35. The molecule has 1 aromatic heterocycles. The maximum absolute atomic E-state index is 4.59. The summed E-state index contributed by atoms with van der Waals surface area (Å²) in [5, 5.41) is 1.15. The standard InChI is InChI=1S/C17H14N2S/c1-20-17-9-5-4-8-16(17)18-12-14-11-10-13-6-2-3-7-15(13)19-14/h2-12H,1H3. The average Bonchev–Trinajstić information content (AvgIpc) is 2.53. The fourth-order valence-corrected chi connectivity index (χ4v) is 2.57. The van der Waals surface area contributed by atoms with Crippen LogP contribution in [-0.4, -0.2) is 17.5 Å². The number of aliphatic imine (C=N–C) groups is 1. The third-order valence-electron chi connectivity index (χ3n) is 3.04. The second kappa shape index (κ2) is 5.88. The van der Waals surface area contributed by atoms with Gasteiger partial charge in [0, 0.05) is 10.3 Å². The number of benzene rings is 2. The van der Waals surface area contributed by atoms with Crippen molar-refractivity contribution < 1.29 is 0 Å². The van der Waals surface area contributed by atoms with E-state index in [2.05, 4.69) is 34.4 Å². The Morgan fingerprint density at radius 3 is 2.65 bits per heavy atom. The van der Waals surface area contributed by atoms with E-state index in [0.29, 0.717) is 0 Å². The molecule has 2 nitrogen and oxygen atoms in total. The summed E-state index contributed by atoms with van der Waals surface area (Å²) in [4.78, 5) is 10.3. The number of hydrogen-bond acceptors (Lipinski definition) is 3. The minimum absolute atomic E-state index is 0.875. The maximum atomic E-state index is 4.59. The summed E-state index contributed by atoms with van der Waals surface area (Å²) in [6.45, 7) is 0. The van der Waals surface area contributed by atoms with E-state index in [0.717, 1.165) is 22.3 Å². The molecule has 98 valence electrons. The fraction of sp³-hybridized carbons (Fsp3) is 0.0588. The van der Waals surface area contributed by atoms with Gasteiger partial charge >= 0.3 is 0 Å². The van der Waals surface area contributed by atoms with Crippen molar-refractivity contribution in [2.45, 2.75) is 4.90 Å². The highest BCUT2D eigenvalue weighted by Crippen LogP contribution is 2.27.